The Morgan fingerprint density at radius 2 is 0.928 bits per heavy atom. The average molecular weight is 1000 g/mol. The fourth-order valence-electron chi connectivity index (χ4n) is 9.57. The maximum Gasteiger partial charge on any atom is 0.397 e. The summed E-state index contributed by atoms with van der Waals surface area (Å²) in [7, 11) is -5.08. The van der Waals surface area contributed by atoms with Crippen LogP contribution in [-0.4, -0.2) is 95.4 Å². The molecule has 12 nitrogen and oxygen atoms in total. The summed E-state index contributed by atoms with van der Waals surface area (Å²) in [5, 5.41) is 45.1. The standard InChI is InChI=1S/C56H109NO11S/c1-3-5-7-9-11-13-15-17-19-21-22-23-24-25-26-27-28-29-30-32-34-36-38-40-42-44-46-52(60)57-49(48-66-56-54(62)55(68-69(63,64)65)53(61)51(47-58)67-56)50(59)45-43-41-39-37-35-33-31-20-18-16-14-12-10-8-6-4-2/h25-26,49-51,53-56,58-59,61-62H,3-24,27-48H2,1-2H3,(H,57,60)(H,63,64,65)/b26-25-. The molecule has 0 aliphatic carbocycles. The minimum absolute atomic E-state index is 0.227. The third-order valence-electron chi connectivity index (χ3n) is 14.1. The van der Waals surface area contributed by atoms with Gasteiger partial charge < -0.3 is 35.2 Å². The maximum absolute atomic E-state index is 13.1. The van der Waals surface area contributed by atoms with Crippen LogP contribution in [0.3, 0.4) is 0 Å². The molecule has 6 N–H and O–H groups in total. The van der Waals surface area contributed by atoms with Gasteiger partial charge in [0.2, 0.25) is 5.91 Å². The highest BCUT2D eigenvalue weighted by Crippen LogP contribution is 2.26. The van der Waals surface area contributed by atoms with Crippen molar-refractivity contribution in [3.63, 3.8) is 0 Å². The molecule has 0 saturated carbocycles. The van der Waals surface area contributed by atoms with Crippen molar-refractivity contribution in [2.75, 3.05) is 13.2 Å². The Balaban J connectivity index is 2.32. The molecule has 0 spiro atoms. The van der Waals surface area contributed by atoms with Crippen LogP contribution in [0.5, 0.6) is 0 Å². The van der Waals surface area contributed by atoms with Gasteiger partial charge in [0.25, 0.3) is 0 Å². The van der Waals surface area contributed by atoms with Crippen LogP contribution < -0.4 is 5.32 Å². The Kier molecular flexibility index (Phi) is 44.5. The van der Waals surface area contributed by atoms with Crippen LogP contribution in [0.25, 0.3) is 0 Å². The van der Waals surface area contributed by atoms with Crippen LogP contribution in [0.2, 0.25) is 0 Å². The van der Waals surface area contributed by atoms with E-state index in [1.54, 1.807) is 0 Å². The maximum atomic E-state index is 13.1. The van der Waals surface area contributed by atoms with Crippen molar-refractivity contribution < 1.29 is 51.8 Å². The molecule has 0 bridgehead atoms. The van der Waals surface area contributed by atoms with Crippen LogP contribution in [0.4, 0.5) is 0 Å². The van der Waals surface area contributed by atoms with Crippen LogP contribution in [0, 0.1) is 0 Å². The zero-order valence-corrected chi connectivity index (χ0v) is 45.2. The quantitative estimate of drug-likeness (QED) is 0.0193. The summed E-state index contributed by atoms with van der Waals surface area (Å²) in [6, 6.07) is -0.856. The van der Waals surface area contributed by atoms with Crippen molar-refractivity contribution in [2.24, 2.45) is 0 Å². The Bertz CT molecular complexity index is 1270. The zero-order valence-electron chi connectivity index (χ0n) is 44.4. The van der Waals surface area contributed by atoms with Gasteiger partial charge in [0.15, 0.2) is 6.29 Å². The number of amides is 1. The van der Waals surface area contributed by atoms with Crippen molar-refractivity contribution in [1.82, 2.24) is 5.32 Å². The summed E-state index contributed by atoms with van der Waals surface area (Å²) in [4.78, 5) is 13.1. The third kappa shape index (κ3) is 39.0. The lowest BCUT2D eigenvalue weighted by Crippen LogP contribution is -2.61. The van der Waals surface area contributed by atoms with E-state index in [0.29, 0.717) is 12.8 Å². The number of hydrogen-bond acceptors (Lipinski definition) is 10. The summed E-state index contributed by atoms with van der Waals surface area (Å²) in [5.41, 5.74) is 0. The first-order valence-electron chi connectivity index (χ1n) is 29.1. The fourth-order valence-corrected chi connectivity index (χ4v) is 10.1. The zero-order chi connectivity index (χ0) is 50.5. The number of carbonyl (C=O) groups excluding carboxylic acids is 1. The number of aliphatic hydroxyl groups excluding tert-OH is 4. The molecule has 69 heavy (non-hydrogen) atoms. The van der Waals surface area contributed by atoms with Crippen molar-refractivity contribution in [3.05, 3.63) is 12.2 Å². The molecule has 0 aromatic rings. The number of hydrogen-bond donors (Lipinski definition) is 6. The highest BCUT2D eigenvalue weighted by Gasteiger charge is 2.48. The van der Waals surface area contributed by atoms with E-state index in [9.17, 15) is 38.2 Å². The lowest BCUT2D eigenvalue weighted by atomic mass is 9.99. The molecule has 1 amide bonds. The summed E-state index contributed by atoms with van der Waals surface area (Å²) < 4.78 is 47.9. The molecule has 1 fully saturated rings. The molecule has 1 aliphatic heterocycles. The molecule has 0 radical (unpaired) electrons. The van der Waals surface area contributed by atoms with Gasteiger partial charge >= 0.3 is 10.4 Å². The van der Waals surface area contributed by atoms with Gasteiger partial charge in [-0.1, -0.05) is 251 Å². The van der Waals surface area contributed by atoms with E-state index in [0.717, 1.165) is 51.4 Å². The molecule has 410 valence electrons. The second kappa shape index (κ2) is 46.6. The first-order valence-corrected chi connectivity index (χ1v) is 30.4. The molecule has 0 aromatic carbocycles. The molecule has 7 unspecified atom stereocenters. The van der Waals surface area contributed by atoms with Gasteiger partial charge in [-0.2, -0.15) is 8.42 Å². The average Bonchev–Trinajstić information content (AvgIpc) is 3.32. The number of rotatable bonds is 51. The molecule has 1 rings (SSSR count). The van der Waals surface area contributed by atoms with Gasteiger partial charge in [0, 0.05) is 6.42 Å². The van der Waals surface area contributed by atoms with E-state index < -0.39 is 59.9 Å². The normalized spacial score (nSPS) is 19.7. The van der Waals surface area contributed by atoms with E-state index in [2.05, 4.69) is 35.5 Å². The summed E-state index contributed by atoms with van der Waals surface area (Å²) >= 11 is 0. The van der Waals surface area contributed by atoms with Crippen LogP contribution in [0.1, 0.15) is 284 Å². The van der Waals surface area contributed by atoms with Gasteiger partial charge in [-0.15, -0.1) is 0 Å². The lowest BCUT2D eigenvalue weighted by Gasteiger charge is -2.41. The van der Waals surface area contributed by atoms with Gasteiger partial charge in [-0.05, 0) is 38.5 Å². The van der Waals surface area contributed by atoms with E-state index in [4.69, 9.17) is 9.47 Å². The third-order valence-corrected chi connectivity index (χ3v) is 14.5. The molecular weight excluding hydrogens is 895 g/mol. The SMILES string of the molecule is CCCCCCCCCCCCCC/C=C\CCCCCCCCCCCCC(=O)NC(COC1OC(CO)C(O)C(OS(=O)(=O)O)C1O)C(O)CCCCCCCCCCCCCCCCCC. The second-order valence-corrected chi connectivity index (χ2v) is 21.6. The monoisotopic (exact) mass is 1000 g/mol. The van der Waals surface area contributed by atoms with Crippen molar-refractivity contribution in [1.29, 1.82) is 0 Å². The molecule has 13 heteroatoms. The molecule has 1 saturated heterocycles. The van der Waals surface area contributed by atoms with Crippen LogP contribution in [0.15, 0.2) is 12.2 Å². The largest absolute Gasteiger partial charge is 0.397 e. The Morgan fingerprint density at radius 3 is 1.30 bits per heavy atom. The number of allylic oxidation sites excluding steroid dienone is 2. The topological polar surface area (TPSA) is 192 Å². The van der Waals surface area contributed by atoms with Gasteiger partial charge in [-0.25, -0.2) is 4.18 Å². The Morgan fingerprint density at radius 1 is 0.565 bits per heavy atom. The fraction of sp³-hybridized carbons (Fsp3) is 0.946. The van der Waals surface area contributed by atoms with Gasteiger partial charge in [0.05, 0.1) is 25.4 Å². The first-order chi connectivity index (χ1) is 33.5. The summed E-state index contributed by atoms with van der Waals surface area (Å²) in [6.45, 7) is 3.49. The predicted octanol–water partition coefficient (Wildman–Crippen LogP) is 13.5. The first kappa shape index (κ1) is 65.9. The minimum Gasteiger partial charge on any atom is -0.394 e. The van der Waals surface area contributed by atoms with E-state index in [1.807, 2.05) is 0 Å². The van der Waals surface area contributed by atoms with E-state index >= 15 is 0 Å². The molecule has 1 heterocycles. The van der Waals surface area contributed by atoms with Gasteiger partial charge in [0.1, 0.15) is 24.4 Å². The Labute approximate surface area is 423 Å². The van der Waals surface area contributed by atoms with E-state index in [1.165, 1.54) is 205 Å². The number of unbranched alkanes of at least 4 members (excludes halogenated alkanes) is 37. The van der Waals surface area contributed by atoms with Crippen LogP contribution in [-0.2, 0) is 28.9 Å². The van der Waals surface area contributed by atoms with E-state index in [-0.39, 0.29) is 12.5 Å². The van der Waals surface area contributed by atoms with Crippen molar-refractivity contribution in [2.45, 2.75) is 326 Å². The summed E-state index contributed by atoms with van der Waals surface area (Å²) in [5.74, 6) is -0.227. The second-order valence-electron chi connectivity index (χ2n) is 20.6. The molecule has 7 atom stereocenters. The highest BCUT2D eigenvalue weighted by molar-refractivity contribution is 7.80. The highest BCUT2D eigenvalue weighted by atomic mass is 32.3. The van der Waals surface area contributed by atoms with Gasteiger partial charge in [-0.3, -0.25) is 9.35 Å². The van der Waals surface area contributed by atoms with Crippen LogP contribution >= 0.6 is 0 Å². The van der Waals surface area contributed by atoms with Crippen molar-refractivity contribution >= 4 is 16.3 Å². The number of carbonyl (C=O) groups is 1. The smallest absolute Gasteiger partial charge is 0.394 e. The molecular formula is C56H109NO11S. The molecule has 1 aliphatic rings. The van der Waals surface area contributed by atoms with Crippen molar-refractivity contribution in [3.8, 4) is 0 Å². The number of nitrogens with one attached hydrogen (secondary N) is 1. The minimum atomic E-state index is -5.08. The number of ether oxygens (including phenoxy) is 2. The number of aliphatic hydroxyl groups is 4. The predicted molar refractivity (Wildman–Crippen MR) is 282 cm³/mol. The Hall–Kier alpha value is -1.16. The lowest BCUT2D eigenvalue weighted by molar-refractivity contribution is -0.298. The summed E-state index contributed by atoms with van der Waals surface area (Å²) in [6.07, 6.45) is 46.5. The molecule has 0 aromatic heterocycles.